The first kappa shape index (κ1) is 16.4. The Morgan fingerprint density at radius 1 is 1.21 bits per heavy atom. The molecule has 1 aliphatic rings. The zero-order chi connectivity index (χ0) is 16.8. The number of carbonyl (C=O) groups is 1. The average molecular weight is 326 g/mol. The highest BCUT2D eigenvalue weighted by atomic mass is 16.5. The lowest BCUT2D eigenvalue weighted by Crippen LogP contribution is -2.42. The van der Waals surface area contributed by atoms with Crippen LogP contribution in [-0.4, -0.2) is 47.5 Å². The predicted octanol–water partition coefficient (Wildman–Crippen LogP) is 2.19. The highest BCUT2D eigenvalue weighted by Crippen LogP contribution is 2.33. The lowest BCUT2D eigenvalue weighted by molar-refractivity contribution is -0.131. The summed E-state index contributed by atoms with van der Waals surface area (Å²) in [4.78, 5) is 22.7. The monoisotopic (exact) mass is 326 g/mol. The van der Waals surface area contributed by atoms with Crippen LogP contribution in [0, 0.1) is 0 Å². The van der Waals surface area contributed by atoms with Crippen LogP contribution in [0.2, 0.25) is 0 Å². The summed E-state index contributed by atoms with van der Waals surface area (Å²) in [5, 5.41) is 2.91. The van der Waals surface area contributed by atoms with Crippen molar-refractivity contribution in [2.24, 2.45) is 0 Å². The Kier molecular flexibility index (Phi) is 5.38. The fourth-order valence-corrected chi connectivity index (χ4v) is 2.96. The molecule has 0 unspecified atom stereocenters. The molecule has 126 valence electrons. The van der Waals surface area contributed by atoms with E-state index in [4.69, 9.17) is 4.74 Å². The van der Waals surface area contributed by atoms with Crippen molar-refractivity contribution in [1.82, 2.24) is 20.2 Å². The molecule has 1 amide bonds. The third kappa shape index (κ3) is 3.89. The minimum absolute atomic E-state index is 0.149. The van der Waals surface area contributed by atoms with E-state index >= 15 is 0 Å². The van der Waals surface area contributed by atoms with Crippen LogP contribution in [0.5, 0.6) is 11.6 Å². The third-order valence-corrected chi connectivity index (χ3v) is 4.21. The third-order valence-electron chi connectivity index (χ3n) is 4.21. The van der Waals surface area contributed by atoms with Gasteiger partial charge in [0, 0.05) is 31.4 Å². The van der Waals surface area contributed by atoms with Crippen molar-refractivity contribution in [3.63, 3.8) is 0 Å². The van der Waals surface area contributed by atoms with E-state index < -0.39 is 0 Å². The number of para-hydroxylation sites is 1. The first-order valence-electron chi connectivity index (χ1n) is 8.24. The van der Waals surface area contributed by atoms with Crippen molar-refractivity contribution >= 4 is 5.91 Å². The van der Waals surface area contributed by atoms with E-state index in [1.165, 1.54) is 0 Å². The number of hydrogen-bond donors (Lipinski definition) is 1. The maximum absolute atomic E-state index is 12.0. The topological polar surface area (TPSA) is 67.4 Å². The summed E-state index contributed by atoms with van der Waals surface area (Å²) in [6.07, 6.45) is 5.09. The number of nitrogens with one attached hydrogen (secondary N) is 1. The van der Waals surface area contributed by atoms with E-state index in [9.17, 15) is 4.79 Å². The van der Waals surface area contributed by atoms with Gasteiger partial charge in [0.05, 0.1) is 6.54 Å². The number of benzene rings is 1. The van der Waals surface area contributed by atoms with Crippen LogP contribution in [0.1, 0.15) is 24.5 Å². The molecule has 0 bridgehead atoms. The van der Waals surface area contributed by atoms with Crippen LogP contribution in [0.3, 0.4) is 0 Å². The Balaban J connectivity index is 1.69. The van der Waals surface area contributed by atoms with Gasteiger partial charge in [-0.25, -0.2) is 4.98 Å². The van der Waals surface area contributed by atoms with Crippen molar-refractivity contribution in [2.75, 3.05) is 26.7 Å². The van der Waals surface area contributed by atoms with Crippen LogP contribution in [0.4, 0.5) is 0 Å². The van der Waals surface area contributed by atoms with Gasteiger partial charge in [0.2, 0.25) is 11.8 Å². The van der Waals surface area contributed by atoms with Crippen molar-refractivity contribution in [3.05, 3.63) is 48.4 Å². The van der Waals surface area contributed by atoms with Gasteiger partial charge >= 0.3 is 0 Å². The number of likely N-dealkylation sites (tertiary alicyclic amines) is 1. The van der Waals surface area contributed by atoms with E-state index in [1.54, 1.807) is 19.4 Å². The molecule has 1 saturated heterocycles. The number of carbonyl (C=O) groups excluding carboxylic acids is 1. The van der Waals surface area contributed by atoms with Gasteiger partial charge in [0.25, 0.3) is 0 Å². The lowest BCUT2D eigenvalue weighted by atomic mass is 9.93. The molecule has 0 atom stereocenters. The van der Waals surface area contributed by atoms with Crippen molar-refractivity contribution in [2.45, 2.75) is 18.8 Å². The SMILES string of the molecule is CNCC(=O)N1CCC(c2nccnc2Oc2ccccc2)CC1. The number of likely N-dealkylation sites (N-methyl/N-ethyl adjacent to an activating group) is 1. The van der Waals surface area contributed by atoms with Crippen molar-refractivity contribution in [1.29, 1.82) is 0 Å². The zero-order valence-corrected chi connectivity index (χ0v) is 13.8. The fourth-order valence-electron chi connectivity index (χ4n) is 2.96. The van der Waals surface area contributed by atoms with Gasteiger partial charge in [0.15, 0.2) is 0 Å². The lowest BCUT2D eigenvalue weighted by Gasteiger charge is -2.32. The minimum atomic E-state index is 0.149. The van der Waals surface area contributed by atoms with E-state index in [-0.39, 0.29) is 11.8 Å². The number of amides is 1. The molecule has 0 aliphatic carbocycles. The number of piperidine rings is 1. The Morgan fingerprint density at radius 2 is 1.92 bits per heavy atom. The molecule has 6 heteroatoms. The summed E-state index contributed by atoms with van der Waals surface area (Å²) in [5.74, 6) is 1.72. The summed E-state index contributed by atoms with van der Waals surface area (Å²) in [6.45, 7) is 1.87. The second-order valence-electron chi connectivity index (χ2n) is 5.85. The zero-order valence-electron chi connectivity index (χ0n) is 13.8. The first-order chi connectivity index (χ1) is 11.8. The van der Waals surface area contributed by atoms with E-state index in [2.05, 4.69) is 15.3 Å². The number of rotatable bonds is 5. The largest absolute Gasteiger partial charge is 0.437 e. The quantitative estimate of drug-likeness (QED) is 0.912. The molecule has 1 aromatic carbocycles. The second kappa shape index (κ2) is 7.88. The smallest absolute Gasteiger partial charge is 0.241 e. The fraction of sp³-hybridized carbons (Fsp3) is 0.389. The first-order valence-corrected chi connectivity index (χ1v) is 8.24. The molecule has 3 rings (SSSR count). The van der Waals surface area contributed by atoms with Gasteiger partial charge in [0.1, 0.15) is 11.4 Å². The van der Waals surface area contributed by atoms with E-state index in [1.807, 2.05) is 35.2 Å². The normalized spacial score (nSPS) is 15.3. The van der Waals surface area contributed by atoms with Gasteiger partial charge in [-0.3, -0.25) is 9.78 Å². The minimum Gasteiger partial charge on any atom is -0.437 e. The molecule has 2 heterocycles. The van der Waals surface area contributed by atoms with Gasteiger partial charge in [-0.05, 0) is 32.0 Å². The van der Waals surface area contributed by atoms with Crippen molar-refractivity contribution < 1.29 is 9.53 Å². The van der Waals surface area contributed by atoms with Crippen LogP contribution in [0.15, 0.2) is 42.7 Å². The van der Waals surface area contributed by atoms with Gasteiger partial charge < -0.3 is 15.0 Å². The molecule has 24 heavy (non-hydrogen) atoms. The molecule has 1 aromatic heterocycles. The molecule has 0 radical (unpaired) electrons. The molecule has 1 fully saturated rings. The molecular formula is C18H22N4O2. The van der Waals surface area contributed by atoms with E-state index in [0.717, 1.165) is 37.4 Å². The number of ether oxygens (including phenoxy) is 1. The molecule has 1 N–H and O–H groups in total. The summed E-state index contributed by atoms with van der Waals surface area (Å²) in [7, 11) is 1.79. The molecule has 0 spiro atoms. The Morgan fingerprint density at radius 3 is 2.62 bits per heavy atom. The van der Waals surface area contributed by atoms with Crippen LogP contribution >= 0.6 is 0 Å². The highest BCUT2D eigenvalue weighted by molar-refractivity contribution is 5.78. The standard InChI is InChI=1S/C18H22N4O2/c1-19-13-16(23)22-11-7-14(8-12-22)17-18(21-10-9-20-17)24-15-5-3-2-4-6-15/h2-6,9-10,14,19H,7-8,11-13H2,1H3. The van der Waals surface area contributed by atoms with Gasteiger partial charge in [-0.2, -0.15) is 0 Å². The predicted molar refractivity (Wildman–Crippen MR) is 91.0 cm³/mol. The Bertz CT molecular complexity index is 670. The summed E-state index contributed by atoms with van der Waals surface area (Å²) in [5.41, 5.74) is 0.877. The summed E-state index contributed by atoms with van der Waals surface area (Å²) in [6, 6.07) is 9.60. The average Bonchev–Trinajstić information content (AvgIpc) is 2.63. The summed E-state index contributed by atoms with van der Waals surface area (Å²) < 4.78 is 5.91. The summed E-state index contributed by atoms with van der Waals surface area (Å²) >= 11 is 0. The van der Waals surface area contributed by atoms with Crippen LogP contribution < -0.4 is 10.1 Å². The molecular weight excluding hydrogens is 304 g/mol. The Labute approximate surface area is 141 Å². The molecule has 6 nitrogen and oxygen atoms in total. The molecule has 0 saturated carbocycles. The maximum Gasteiger partial charge on any atom is 0.241 e. The van der Waals surface area contributed by atoms with Gasteiger partial charge in [-0.15, -0.1) is 0 Å². The maximum atomic E-state index is 12.0. The Hall–Kier alpha value is -2.47. The number of aromatic nitrogens is 2. The molecule has 1 aliphatic heterocycles. The van der Waals surface area contributed by atoms with Crippen LogP contribution in [-0.2, 0) is 4.79 Å². The highest BCUT2D eigenvalue weighted by Gasteiger charge is 2.27. The number of nitrogens with zero attached hydrogens (tertiary/aromatic N) is 3. The second-order valence-corrected chi connectivity index (χ2v) is 5.85. The van der Waals surface area contributed by atoms with Crippen LogP contribution in [0.25, 0.3) is 0 Å². The number of hydrogen-bond acceptors (Lipinski definition) is 5. The van der Waals surface area contributed by atoms with Crippen molar-refractivity contribution in [3.8, 4) is 11.6 Å². The van der Waals surface area contributed by atoms with Gasteiger partial charge in [-0.1, -0.05) is 18.2 Å². The van der Waals surface area contributed by atoms with E-state index in [0.29, 0.717) is 12.4 Å². The molecule has 2 aromatic rings.